The summed E-state index contributed by atoms with van der Waals surface area (Å²) in [5.41, 5.74) is 0.795. The van der Waals surface area contributed by atoms with E-state index in [2.05, 4.69) is 10.3 Å². The molecule has 102 valence electrons. The number of aliphatic imine (C=N–C) groups is 1. The Morgan fingerprint density at radius 3 is 2.74 bits per heavy atom. The Labute approximate surface area is 125 Å². The molecule has 19 heavy (non-hydrogen) atoms. The van der Waals surface area contributed by atoms with Gasteiger partial charge in [-0.15, -0.1) is 0 Å². The molecule has 2 aliphatic heterocycles. The Hall–Kier alpha value is -0.430. The first-order chi connectivity index (χ1) is 8.93. The molecule has 0 aromatic heterocycles. The van der Waals surface area contributed by atoms with Crippen LogP contribution in [0.3, 0.4) is 0 Å². The largest absolute Gasteiger partial charge is 0.335 e. The molecule has 1 aromatic carbocycles. The minimum atomic E-state index is -2.91. The Bertz CT molecular complexity index is 661. The van der Waals surface area contributed by atoms with Crippen molar-refractivity contribution in [2.24, 2.45) is 4.99 Å². The molecule has 2 atom stereocenters. The summed E-state index contributed by atoms with van der Waals surface area (Å²) in [6.07, 6.45) is 0. The van der Waals surface area contributed by atoms with E-state index in [1.54, 1.807) is 12.1 Å². The molecule has 4 nitrogen and oxygen atoms in total. The van der Waals surface area contributed by atoms with Crippen LogP contribution in [0.2, 0.25) is 10.0 Å². The van der Waals surface area contributed by atoms with Gasteiger partial charge in [-0.25, -0.2) is 8.42 Å². The number of nitrogens with zero attached hydrogens (tertiary/aromatic N) is 1. The second-order valence-electron chi connectivity index (χ2n) is 4.49. The summed E-state index contributed by atoms with van der Waals surface area (Å²) in [7, 11) is -2.91. The molecule has 3 rings (SSSR count). The van der Waals surface area contributed by atoms with Crippen molar-refractivity contribution in [1.29, 1.82) is 0 Å². The van der Waals surface area contributed by atoms with E-state index in [0.717, 1.165) is 10.9 Å². The lowest BCUT2D eigenvalue weighted by Crippen LogP contribution is -2.13. The number of sulfone groups is 1. The van der Waals surface area contributed by atoms with Gasteiger partial charge in [-0.2, -0.15) is 0 Å². The van der Waals surface area contributed by atoms with Crippen LogP contribution < -0.4 is 5.32 Å². The maximum Gasteiger partial charge on any atom is 0.161 e. The fourth-order valence-electron chi connectivity index (χ4n) is 2.11. The normalized spacial score (nSPS) is 28.0. The van der Waals surface area contributed by atoms with Gasteiger partial charge in [0.2, 0.25) is 0 Å². The number of halogens is 2. The van der Waals surface area contributed by atoms with Crippen LogP contribution >= 0.6 is 35.0 Å². The van der Waals surface area contributed by atoms with Crippen LogP contribution in [0.4, 0.5) is 5.69 Å². The minimum absolute atomic E-state index is 0.0373. The van der Waals surface area contributed by atoms with Crippen molar-refractivity contribution in [2.75, 3.05) is 16.8 Å². The lowest BCUT2D eigenvalue weighted by atomic mass is 10.3. The molecule has 2 aliphatic rings. The number of amidine groups is 1. The van der Waals surface area contributed by atoms with Gasteiger partial charge in [0, 0.05) is 10.9 Å². The summed E-state index contributed by atoms with van der Waals surface area (Å²) in [6, 6.07) is 5.11. The molecule has 0 bridgehead atoms. The van der Waals surface area contributed by atoms with Gasteiger partial charge in [-0.1, -0.05) is 35.0 Å². The molecule has 2 heterocycles. The van der Waals surface area contributed by atoms with E-state index >= 15 is 0 Å². The highest BCUT2D eigenvalue weighted by Crippen LogP contribution is 2.35. The molecule has 0 aliphatic carbocycles. The molecular weight excluding hydrogens is 327 g/mol. The van der Waals surface area contributed by atoms with E-state index in [4.69, 9.17) is 23.2 Å². The van der Waals surface area contributed by atoms with Crippen LogP contribution in [0.1, 0.15) is 0 Å². The number of hydrogen-bond donors (Lipinski definition) is 1. The Kier molecular flexibility index (Phi) is 3.45. The van der Waals surface area contributed by atoms with Gasteiger partial charge in [-0.3, -0.25) is 4.99 Å². The quantitative estimate of drug-likeness (QED) is 0.856. The van der Waals surface area contributed by atoms with Gasteiger partial charge in [0.1, 0.15) is 0 Å². The molecule has 1 N–H and O–H groups in total. The summed E-state index contributed by atoms with van der Waals surface area (Å²) in [6.45, 7) is 0. The van der Waals surface area contributed by atoms with Crippen molar-refractivity contribution >= 4 is 55.7 Å². The first-order valence-electron chi connectivity index (χ1n) is 5.60. The molecule has 1 fully saturated rings. The van der Waals surface area contributed by atoms with Gasteiger partial charge in [-0.05, 0) is 18.2 Å². The maximum absolute atomic E-state index is 11.5. The van der Waals surface area contributed by atoms with Crippen molar-refractivity contribution < 1.29 is 8.42 Å². The average Bonchev–Trinajstić information content (AvgIpc) is 2.76. The average molecular weight is 337 g/mol. The van der Waals surface area contributed by atoms with Gasteiger partial charge in [0.15, 0.2) is 15.0 Å². The molecule has 0 unspecified atom stereocenters. The number of rotatable bonds is 1. The number of fused-ring (bicyclic) bond motifs is 1. The van der Waals surface area contributed by atoms with Gasteiger partial charge >= 0.3 is 0 Å². The lowest BCUT2D eigenvalue weighted by molar-refractivity contribution is 0.601. The van der Waals surface area contributed by atoms with Crippen molar-refractivity contribution in [3.05, 3.63) is 28.2 Å². The molecular formula is C11H10Cl2N2O2S2. The predicted molar refractivity (Wildman–Crippen MR) is 81.3 cm³/mol. The molecule has 1 aromatic rings. The lowest BCUT2D eigenvalue weighted by Gasteiger charge is -2.07. The Morgan fingerprint density at radius 1 is 1.26 bits per heavy atom. The van der Waals surface area contributed by atoms with Crippen molar-refractivity contribution in [2.45, 2.75) is 11.3 Å². The smallest absolute Gasteiger partial charge is 0.161 e. The zero-order valence-electron chi connectivity index (χ0n) is 9.64. The van der Waals surface area contributed by atoms with E-state index in [9.17, 15) is 8.42 Å². The minimum Gasteiger partial charge on any atom is -0.335 e. The standard InChI is InChI=1S/C11H10Cl2N2O2S2/c12-7-2-1-6(3-8(7)13)14-11-15-9-4-19(16,17)5-10(9)18-11/h1-3,9-10H,4-5H2,(H,14,15)/t9-,10-/m0/s1. The molecule has 0 radical (unpaired) electrons. The van der Waals surface area contributed by atoms with Gasteiger partial charge in [0.25, 0.3) is 0 Å². The summed E-state index contributed by atoms with van der Waals surface area (Å²) in [5, 5.41) is 4.88. The SMILES string of the molecule is O=S1(=O)C[C@@H]2N=C(Nc3ccc(Cl)c(Cl)c3)S[C@H]2C1. The third kappa shape index (κ3) is 2.86. The molecule has 0 amide bonds. The van der Waals surface area contributed by atoms with Gasteiger partial charge in [0.05, 0.1) is 27.6 Å². The number of thioether (sulfide) groups is 1. The van der Waals surface area contributed by atoms with Crippen molar-refractivity contribution in [3.8, 4) is 0 Å². The second kappa shape index (κ2) is 4.84. The third-order valence-corrected chi connectivity index (χ3v) is 6.87. The fourth-order valence-corrected chi connectivity index (χ4v) is 6.09. The van der Waals surface area contributed by atoms with E-state index in [-0.39, 0.29) is 22.8 Å². The molecule has 0 spiro atoms. The van der Waals surface area contributed by atoms with Crippen LogP contribution in [0, 0.1) is 0 Å². The Morgan fingerprint density at radius 2 is 2.05 bits per heavy atom. The van der Waals surface area contributed by atoms with E-state index < -0.39 is 9.84 Å². The van der Waals surface area contributed by atoms with Crippen LogP contribution in [0.15, 0.2) is 23.2 Å². The van der Waals surface area contributed by atoms with Crippen LogP contribution in [0.5, 0.6) is 0 Å². The summed E-state index contributed by atoms with van der Waals surface area (Å²) in [4.78, 5) is 4.41. The molecule has 0 saturated carbocycles. The first-order valence-corrected chi connectivity index (χ1v) is 9.06. The first kappa shape index (κ1) is 13.5. The van der Waals surface area contributed by atoms with E-state index in [0.29, 0.717) is 10.0 Å². The summed E-state index contributed by atoms with van der Waals surface area (Å²) < 4.78 is 22.9. The van der Waals surface area contributed by atoms with Crippen LogP contribution in [-0.4, -0.2) is 36.4 Å². The summed E-state index contributed by atoms with van der Waals surface area (Å²) in [5.74, 6) is 0.357. The predicted octanol–water partition coefficient (Wildman–Crippen LogP) is 2.67. The van der Waals surface area contributed by atoms with E-state index in [1.807, 2.05) is 6.07 Å². The second-order valence-corrected chi connectivity index (χ2v) is 8.68. The highest BCUT2D eigenvalue weighted by molar-refractivity contribution is 8.15. The monoisotopic (exact) mass is 336 g/mol. The molecule has 8 heteroatoms. The van der Waals surface area contributed by atoms with Gasteiger partial charge < -0.3 is 5.32 Å². The number of anilines is 1. The number of hydrogen-bond acceptors (Lipinski definition) is 5. The Balaban J connectivity index is 1.74. The van der Waals surface area contributed by atoms with Crippen molar-refractivity contribution in [3.63, 3.8) is 0 Å². The topological polar surface area (TPSA) is 58.5 Å². The number of benzene rings is 1. The van der Waals surface area contributed by atoms with Crippen LogP contribution in [-0.2, 0) is 9.84 Å². The highest BCUT2D eigenvalue weighted by Gasteiger charge is 2.42. The third-order valence-electron chi connectivity index (χ3n) is 2.99. The summed E-state index contributed by atoms with van der Waals surface area (Å²) >= 11 is 13.3. The fraction of sp³-hybridized carbons (Fsp3) is 0.364. The zero-order chi connectivity index (χ0) is 13.6. The van der Waals surface area contributed by atoms with Crippen LogP contribution in [0.25, 0.3) is 0 Å². The van der Waals surface area contributed by atoms with E-state index in [1.165, 1.54) is 11.8 Å². The molecule has 1 saturated heterocycles. The van der Waals surface area contributed by atoms with Crippen molar-refractivity contribution in [1.82, 2.24) is 0 Å². The number of nitrogens with one attached hydrogen (secondary N) is 1. The maximum atomic E-state index is 11.5. The highest BCUT2D eigenvalue weighted by atomic mass is 35.5. The zero-order valence-corrected chi connectivity index (χ0v) is 12.8.